The van der Waals surface area contributed by atoms with Gasteiger partial charge in [0.05, 0.1) is 12.7 Å². The molecule has 25 heavy (non-hydrogen) atoms. The number of allylic oxidation sites excluding steroid dienone is 1. The zero-order valence-corrected chi connectivity index (χ0v) is 13.6. The average molecular weight is 351 g/mol. The van der Waals surface area contributed by atoms with Gasteiger partial charge in [-0.05, 0) is 24.1 Å². The first-order chi connectivity index (χ1) is 11.9. The molecular formula is C18H16F3NO3. The molecule has 0 aliphatic rings. The molecule has 7 heteroatoms. The van der Waals surface area contributed by atoms with Crippen LogP contribution in [0.4, 0.5) is 13.2 Å². The maximum Gasteiger partial charge on any atom is 0.433 e. The van der Waals surface area contributed by atoms with Crippen molar-refractivity contribution in [3.05, 3.63) is 65.4 Å². The number of pyridine rings is 1. The average Bonchev–Trinajstić information content (AvgIpc) is 2.61. The summed E-state index contributed by atoms with van der Waals surface area (Å²) in [5.74, 6) is -0.656. The normalized spacial score (nSPS) is 12.0. The van der Waals surface area contributed by atoms with Gasteiger partial charge >= 0.3 is 12.1 Å². The van der Waals surface area contributed by atoms with Crippen molar-refractivity contribution in [2.75, 3.05) is 7.11 Å². The summed E-state index contributed by atoms with van der Waals surface area (Å²) in [4.78, 5) is 15.3. The van der Waals surface area contributed by atoms with Crippen molar-refractivity contribution in [2.45, 2.75) is 19.7 Å². The van der Waals surface area contributed by atoms with E-state index in [4.69, 9.17) is 9.47 Å². The van der Waals surface area contributed by atoms with Crippen LogP contribution >= 0.6 is 0 Å². The lowest BCUT2D eigenvalue weighted by Crippen LogP contribution is -2.10. The Bertz CT molecular complexity index is 785. The molecule has 0 unspecified atom stereocenters. The van der Waals surface area contributed by atoms with Crippen molar-refractivity contribution in [2.24, 2.45) is 0 Å². The van der Waals surface area contributed by atoms with Crippen molar-refractivity contribution in [1.29, 1.82) is 0 Å². The van der Waals surface area contributed by atoms with E-state index in [2.05, 4.69) is 4.98 Å². The number of carbonyl (C=O) groups excluding carboxylic acids is 1. The zero-order valence-electron chi connectivity index (χ0n) is 13.6. The van der Waals surface area contributed by atoms with Gasteiger partial charge in [0.2, 0.25) is 5.88 Å². The Balaban J connectivity index is 2.24. The summed E-state index contributed by atoms with van der Waals surface area (Å²) in [6, 6.07) is 10.4. The monoisotopic (exact) mass is 351 g/mol. The van der Waals surface area contributed by atoms with Crippen LogP contribution in [0.25, 0.3) is 5.57 Å². The molecule has 1 aromatic heterocycles. The van der Waals surface area contributed by atoms with Crippen LogP contribution in [0, 0.1) is 0 Å². The van der Waals surface area contributed by atoms with Crippen LogP contribution in [0.3, 0.4) is 0 Å². The Morgan fingerprint density at radius 1 is 1.16 bits per heavy atom. The van der Waals surface area contributed by atoms with Crippen molar-refractivity contribution >= 4 is 11.5 Å². The van der Waals surface area contributed by atoms with Gasteiger partial charge in [0, 0.05) is 6.07 Å². The first-order valence-corrected chi connectivity index (χ1v) is 7.36. The molecule has 0 bridgehead atoms. The number of alkyl halides is 3. The van der Waals surface area contributed by atoms with Gasteiger partial charge < -0.3 is 9.47 Å². The summed E-state index contributed by atoms with van der Waals surface area (Å²) in [5.41, 5.74) is 0.532. The molecule has 0 fully saturated rings. The lowest BCUT2D eigenvalue weighted by atomic mass is 10.00. The molecule has 0 saturated heterocycles. The first-order valence-electron chi connectivity index (χ1n) is 7.36. The SMILES string of the molecule is CC=C(C(=O)OC)c1ccccc1COc1cccc(C(F)(F)F)n1. The maximum atomic E-state index is 12.7. The third-order valence-corrected chi connectivity index (χ3v) is 3.39. The highest BCUT2D eigenvalue weighted by Crippen LogP contribution is 2.29. The Morgan fingerprint density at radius 3 is 2.52 bits per heavy atom. The second-order valence-corrected chi connectivity index (χ2v) is 5.00. The summed E-state index contributed by atoms with van der Waals surface area (Å²) in [7, 11) is 1.28. The van der Waals surface area contributed by atoms with E-state index in [9.17, 15) is 18.0 Å². The molecule has 2 rings (SSSR count). The summed E-state index contributed by atoms with van der Waals surface area (Å²) >= 11 is 0. The van der Waals surface area contributed by atoms with Crippen LogP contribution in [0.1, 0.15) is 23.7 Å². The van der Waals surface area contributed by atoms with E-state index in [1.54, 1.807) is 37.3 Å². The predicted octanol–water partition coefficient (Wildman–Crippen LogP) is 4.26. The molecular weight excluding hydrogens is 335 g/mol. The number of esters is 1. The standard InChI is InChI=1S/C18H16F3NO3/c1-3-13(17(23)24-2)14-8-5-4-7-12(14)11-25-16-10-6-9-15(22-16)18(19,20)21/h3-10H,11H2,1-2H3. The Morgan fingerprint density at radius 2 is 1.88 bits per heavy atom. The number of halogens is 3. The minimum absolute atomic E-state index is 0.0428. The fourth-order valence-electron chi connectivity index (χ4n) is 2.21. The summed E-state index contributed by atoms with van der Waals surface area (Å²) in [6.45, 7) is 1.65. The number of hydrogen-bond acceptors (Lipinski definition) is 4. The van der Waals surface area contributed by atoms with Crippen LogP contribution in [0.5, 0.6) is 5.88 Å². The second-order valence-electron chi connectivity index (χ2n) is 5.00. The molecule has 0 spiro atoms. The minimum Gasteiger partial charge on any atom is -0.473 e. The molecule has 4 nitrogen and oxygen atoms in total. The van der Waals surface area contributed by atoms with Crippen LogP contribution in [-0.2, 0) is 22.3 Å². The molecule has 132 valence electrons. The van der Waals surface area contributed by atoms with Crippen molar-refractivity contribution in [3.8, 4) is 5.88 Å². The highest BCUT2D eigenvalue weighted by atomic mass is 19.4. The predicted molar refractivity (Wildman–Crippen MR) is 85.7 cm³/mol. The van der Waals surface area contributed by atoms with Gasteiger partial charge in [-0.2, -0.15) is 13.2 Å². The lowest BCUT2D eigenvalue weighted by Gasteiger charge is -2.13. The molecule has 1 aromatic carbocycles. The van der Waals surface area contributed by atoms with E-state index < -0.39 is 17.8 Å². The smallest absolute Gasteiger partial charge is 0.433 e. The van der Waals surface area contributed by atoms with Crippen LogP contribution in [0.15, 0.2) is 48.5 Å². The van der Waals surface area contributed by atoms with E-state index in [0.717, 1.165) is 6.07 Å². The lowest BCUT2D eigenvalue weighted by molar-refractivity contribution is -0.141. The number of methoxy groups -OCH3 is 1. The van der Waals surface area contributed by atoms with Gasteiger partial charge in [0.15, 0.2) is 0 Å². The molecule has 0 radical (unpaired) electrons. The second kappa shape index (κ2) is 7.83. The first kappa shape index (κ1) is 18.5. The van der Waals surface area contributed by atoms with Crippen LogP contribution < -0.4 is 4.74 Å². The molecule has 0 N–H and O–H groups in total. The van der Waals surface area contributed by atoms with Crippen LogP contribution in [-0.4, -0.2) is 18.1 Å². The Hall–Kier alpha value is -2.83. The highest BCUT2D eigenvalue weighted by molar-refractivity contribution is 6.16. The number of rotatable bonds is 5. The largest absolute Gasteiger partial charge is 0.473 e. The molecule has 2 aromatic rings. The summed E-state index contributed by atoms with van der Waals surface area (Å²) < 4.78 is 48.2. The van der Waals surface area contributed by atoms with E-state index in [0.29, 0.717) is 16.7 Å². The molecule has 0 aliphatic heterocycles. The van der Waals surface area contributed by atoms with E-state index in [-0.39, 0.29) is 12.5 Å². The van der Waals surface area contributed by atoms with Crippen molar-refractivity contribution in [3.63, 3.8) is 0 Å². The number of hydrogen-bond donors (Lipinski definition) is 0. The fourth-order valence-corrected chi connectivity index (χ4v) is 2.21. The third kappa shape index (κ3) is 4.59. The molecule has 0 atom stereocenters. The van der Waals surface area contributed by atoms with Crippen molar-refractivity contribution in [1.82, 2.24) is 4.98 Å². The van der Waals surface area contributed by atoms with Gasteiger partial charge in [0.1, 0.15) is 12.3 Å². The molecule has 1 heterocycles. The number of carbonyl (C=O) groups is 1. The summed E-state index contributed by atoms with van der Waals surface area (Å²) in [5, 5.41) is 0. The number of aromatic nitrogens is 1. The number of benzene rings is 1. The topological polar surface area (TPSA) is 48.4 Å². The number of nitrogens with zero attached hydrogens (tertiary/aromatic N) is 1. The minimum atomic E-state index is -4.54. The van der Waals surface area contributed by atoms with Crippen molar-refractivity contribution < 1.29 is 27.4 Å². The molecule has 0 amide bonds. The Labute approximate surface area is 142 Å². The van der Waals surface area contributed by atoms with E-state index >= 15 is 0 Å². The van der Waals surface area contributed by atoms with E-state index in [1.165, 1.54) is 19.2 Å². The molecule has 0 saturated carbocycles. The maximum absolute atomic E-state index is 12.7. The van der Waals surface area contributed by atoms with Crippen LogP contribution in [0.2, 0.25) is 0 Å². The van der Waals surface area contributed by atoms with Gasteiger partial charge in [-0.3, -0.25) is 0 Å². The quantitative estimate of drug-likeness (QED) is 0.597. The van der Waals surface area contributed by atoms with Gasteiger partial charge in [0.25, 0.3) is 0 Å². The highest BCUT2D eigenvalue weighted by Gasteiger charge is 2.32. The van der Waals surface area contributed by atoms with Gasteiger partial charge in [-0.15, -0.1) is 0 Å². The zero-order chi connectivity index (χ0) is 18.4. The van der Waals surface area contributed by atoms with E-state index in [1.807, 2.05) is 0 Å². The third-order valence-electron chi connectivity index (χ3n) is 3.39. The fraction of sp³-hybridized carbons (Fsp3) is 0.222. The molecule has 0 aliphatic carbocycles. The Kier molecular flexibility index (Phi) is 5.80. The van der Waals surface area contributed by atoms with Gasteiger partial charge in [-0.1, -0.05) is 36.4 Å². The summed E-state index contributed by atoms with van der Waals surface area (Å²) in [6.07, 6.45) is -2.94. The number of ether oxygens (including phenoxy) is 2. The van der Waals surface area contributed by atoms with Gasteiger partial charge in [-0.25, -0.2) is 9.78 Å².